The average molecular weight is 130 g/mol. The number of aliphatic hydroxyl groups is 1. The molecule has 1 atom stereocenters. The Morgan fingerprint density at radius 1 is 1.56 bits per heavy atom. The normalized spacial score (nSPS) is 37.7. The van der Waals surface area contributed by atoms with Crippen molar-refractivity contribution in [1.82, 2.24) is 0 Å². The topological polar surface area (TPSA) is 29.5 Å². The standard InChI is InChI=1S/C7H14O2/c1-5(8)6-3-7(4-6)9-2/h5-8H,3-4H2,1-2H3. The maximum atomic E-state index is 9.03. The van der Waals surface area contributed by atoms with E-state index < -0.39 is 0 Å². The van der Waals surface area contributed by atoms with E-state index in [0.717, 1.165) is 12.8 Å². The molecule has 1 unspecified atom stereocenters. The second kappa shape index (κ2) is 2.67. The quantitative estimate of drug-likeness (QED) is 0.599. The maximum absolute atomic E-state index is 9.03. The maximum Gasteiger partial charge on any atom is 0.0578 e. The summed E-state index contributed by atoms with van der Waals surface area (Å²) in [6.07, 6.45) is 2.35. The monoisotopic (exact) mass is 130 g/mol. The molecule has 0 radical (unpaired) electrons. The highest BCUT2D eigenvalue weighted by atomic mass is 16.5. The minimum Gasteiger partial charge on any atom is -0.393 e. The predicted octanol–water partition coefficient (Wildman–Crippen LogP) is 0.792. The van der Waals surface area contributed by atoms with Gasteiger partial charge in [-0.3, -0.25) is 0 Å². The molecule has 0 aliphatic heterocycles. The highest BCUT2D eigenvalue weighted by molar-refractivity contribution is 4.82. The smallest absolute Gasteiger partial charge is 0.0578 e. The molecule has 2 heteroatoms. The van der Waals surface area contributed by atoms with Crippen LogP contribution in [0.1, 0.15) is 19.8 Å². The number of ether oxygens (including phenoxy) is 1. The summed E-state index contributed by atoms with van der Waals surface area (Å²) in [5.41, 5.74) is 0. The Labute approximate surface area is 55.8 Å². The summed E-state index contributed by atoms with van der Waals surface area (Å²) >= 11 is 0. The molecule has 0 aromatic heterocycles. The third-order valence-corrected chi connectivity index (χ3v) is 2.15. The van der Waals surface area contributed by atoms with Crippen molar-refractivity contribution in [2.75, 3.05) is 7.11 Å². The first-order valence-electron chi connectivity index (χ1n) is 3.45. The van der Waals surface area contributed by atoms with Gasteiger partial charge in [0.05, 0.1) is 12.2 Å². The second-order valence-corrected chi connectivity index (χ2v) is 2.83. The van der Waals surface area contributed by atoms with E-state index in [1.165, 1.54) is 0 Å². The van der Waals surface area contributed by atoms with E-state index in [-0.39, 0.29) is 6.10 Å². The van der Waals surface area contributed by atoms with Gasteiger partial charge in [0.2, 0.25) is 0 Å². The van der Waals surface area contributed by atoms with Gasteiger partial charge in [0.1, 0.15) is 0 Å². The van der Waals surface area contributed by atoms with E-state index >= 15 is 0 Å². The van der Waals surface area contributed by atoms with Crippen molar-refractivity contribution in [3.63, 3.8) is 0 Å². The van der Waals surface area contributed by atoms with Crippen LogP contribution >= 0.6 is 0 Å². The molecule has 1 aliphatic rings. The fourth-order valence-corrected chi connectivity index (χ4v) is 1.19. The molecule has 0 heterocycles. The molecule has 0 aromatic carbocycles. The van der Waals surface area contributed by atoms with Gasteiger partial charge >= 0.3 is 0 Å². The van der Waals surface area contributed by atoms with Crippen LogP contribution in [0.5, 0.6) is 0 Å². The summed E-state index contributed by atoms with van der Waals surface area (Å²) in [6.45, 7) is 1.84. The summed E-state index contributed by atoms with van der Waals surface area (Å²) in [5, 5.41) is 9.03. The van der Waals surface area contributed by atoms with Gasteiger partial charge in [0.15, 0.2) is 0 Å². The summed E-state index contributed by atoms with van der Waals surface area (Å²) in [5.74, 6) is 0.495. The van der Waals surface area contributed by atoms with Crippen LogP contribution in [-0.4, -0.2) is 24.4 Å². The highest BCUT2D eigenvalue weighted by Crippen LogP contribution is 2.31. The van der Waals surface area contributed by atoms with Gasteiger partial charge in [-0.05, 0) is 25.7 Å². The molecule has 1 rings (SSSR count). The molecule has 1 fully saturated rings. The van der Waals surface area contributed by atoms with Crippen LogP contribution in [0.3, 0.4) is 0 Å². The number of aliphatic hydroxyl groups excluding tert-OH is 1. The summed E-state index contributed by atoms with van der Waals surface area (Å²) in [7, 11) is 1.73. The van der Waals surface area contributed by atoms with E-state index in [4.69, 9.17) is 9.84 Å². The minimum atomic E-state index is -0.142. The first kappa shape index (κ1) is 7.03. The molecule has 9 heavy (non-hydrogen) atoms. The molecule has 0 aromatic rings. The Bertz CT molecular complexity index is 84.9. The largest absolute Gasteiger partial charge is 0.393 e. The van der Waals surface area contributed by atoms with Crippen LogP contribution in [-0.2, 0) is 4.74 Å². The lowest BCUT2D eigenvalue weighted by Gasteiger charge is -2.35. The van der Waals surface area contributed by atoms with Crippen molar-refractivity contribution in [2.45, 2.75) is 32.0 Å². The molecular formula is C7H14O2. The number of hydrogen-bond acceptors (Lipinski definition) is 2. The van der Waals surface area contributed by atoms with Crippen LogP contribution < -0.4 is 0 Å². The van der Waals surface area contributed by atoms with Crippen molar-refractivity contribution < 1.29 is 9.84 Å². The number of methoxy groups -OCH3 is 1. The first-order valence-corrected chi connectivity index (χ1v) is 3.45. The van der Waals surface area contributed by atoms with Crippen LogP contribution in [0.4, 0.5) is 0 Å². The number of hydrogen-bond donors (Lipinski definition) is 1. The highest BCUT2D eigenvalue weighted by Gasteiger charge is 2.31. The van der Waals surface area contributed by atoms with Gasteiger partial charge in [-0.25, -0.2) is 0 Å². The van der Waals surface area contributed by atoms with E-state index in [0.29, 0.717) is 12.0 Å². The molecule has 0 spiro atoms. The van der Waals surface area contributed by atoms with Crippen molar-refractivity contribution in [2.24, 2.45) is 5.92 Å². The number of rotatable bonds is 2. The van der Waals surface area contributed by atoms with Gasteiger partial charge < -0.3 is 9.84 Å². The van der Waals surface area contributed by atoms with Crippen molar-refractivity contribution >= 4 is 0 Å². The Balaban J connectivity index is 2.12. The molecular weight excluding hydrogens is 116 g/mol. The van der Waals surface area contributed by atoms with E-state index in [9.17, 15) is 0 Å². The lowest BCUT2D eigenvalue weighted by Crippen LogP contribution is -2.36. The SMILES string of the molecule is COC1CC(C(C)O)C1. The van der Waals surface area contributed by atoms with Crippen LogP contribution in [0, 0.1) is 5.92 Å². The van der Waals surface area contributed by atoms with Crippen molar-refractivity contribution in [1.29, 1.82) is 0 Å². The zero-order valence-electron chi connectivity index (χ0n) is 6.00. The molecule has 0 amide bonds. The Kier molecular flexibility index (Phi) is 2.09. The summed E-state index contributed by atoms with van der Waals surface area (Å²) < 4.78 is 5.06. The van der Waals surface area contributed by atoms with Gasteiger partial charge in [0.25, 0.3) is 0 Å². The zero-order chi connectivity index (χ0) is 6.85. The van der Waals surface area contributed by atoms with Crippen LogP contribution in [0.25, 0.3) is 0 Å². The third-order valence-electron chi connectivity index (χ3n) is 2.15. The molecule has 1 aliphatic carbocycles. The molecule has 1 saturated carbocycles. The third kappa shape index (κ3) is 1.43. The Morgan fingerprint density at radius 2 is 2.11 bits per heavy atom. The predicted molar refractivity (Wildman–Crippen MR) is 35.2 cm³/mol. The fraction of sp³-hybridized carbons (Fsp3) is 1.00. The average Bonchev–Trinajstić information content (AvgIpc) is 1.61. The van der Waals surface area contributed by atoms with Crippen LogP contribution in [0.15, 0.2) is 0 Å². The fourth-order valence-electron chi connectivity index (χ4n) is 1.19. The second-order valence-electron chi connectivity index (χ2n) is 2.83. The Hall–Kier alpha value is -0.0800. The molecule has 1 N–H and O–H groups in total. The molecule has 0 saturated heterocycles. The lowest BCUT2D eigenvalue weighted by atomic mass is 9.79. The zero-order valence-corrected chi connectivity index (χ0v) is 6.00. The van der Waals surface area contributed by atoms with E-state index in [2.05, 4.69) is 0 Å². The molecule has 2 nitrogen and oxygen atoms in total. The van der Waals surface area contributed by atoms with Gasteiger partial charge in [-0.2, -0.15) is 0 Å². The van der Waals surface area contributed by atoms with Gasteiger partial charge in [-0.15, -0.1) is 0 Å². The van der Waals surface area contributed by atoms with Crippen molar-refractivity contribution in [3.8, 4) is 0 Å². The molecule has 54 valence electrons. The summed E-state index contributed by atoms with van der Waals surface area (Å²) in [6, 6.07) is 0. The molecule has 0 bridgehead atoms. The van der Waals surface area contributed by atoms with Crippen molar-refractivity contribution in [3.05, 3.63) is 0 Å². The Morgan fingerprint density at radius 3 is 2.44 bits per heavy atom. The van der Waals surface area contributed by atoms with E-state index in [1.54, 1.807) is 7.11 Å². The minimum absolute atomic E-state index is 0.142. The van der Waals surface area contributed by atoms with Gasteiger partial charge in [0, 0.05) is 7.11 Å². The summed E-state index contributed by atoms with van der Waals surface area (Å²) in [4.78, 5) is 0. The lowest BCUT2D eigenvalue weighted by molar-refractivity contribution is -0.0443. The van der Waals surface area contributed by atoms with Gasteiger partial charge in [-0.1, -0.05) is 0 Å². The van der Waals surface area contributed by atoms with Crippen LogP contribution in [0.2, 0.25) is 0 Å². The first-order chi connectivity index (χ1) is 4.24. The van der Waals surface area contributed by atoms with E-state index in [1.807, 2.05) is 6.92 Å².